The number of halogens is 2. The van der Waals surface area contributed by atoms with Crippen LogP contribution in [0.1, 0.15) is 81.5 Å². The highest BCUT2D eigenvalue weighted by Crippen LogP contribution is 2.30. The van der Waals surface area contributed by atoms with E-state index in [4.69, 9.17) is 28.2 Å². The van der Waals surface area contributed by atoms with Crippen molar-refractivity contribution < 1.29 is 4.79 Å². The van der Waals surface area contributed by atoms with E-state index in [9.17, 15) is 4.79 Å². The average molecular weight is 485 g/mol. The molecular formula is C28H34Cl2N2O. The average Bonchev–Trinajstić information content (AvgIpc) is 2.83. The minimum absolute atomic E-state index is 0.0640. The number of hydrogen-bond acceptors (Lipinski definition) is 2. The summed E-state index contributed by atoms with van der Waals surface area (Å²) in [6.45, 7) is 2.94. The zero-order chi connectivity index (χ0) is 23.5. The van der Waals surface area contributed by atoms with Gasteiger partial charge >= 0.3 is 0 Å². The largest absolute Gasteiger partial charge is 0.352 e. The Hall–Kier alpha value is -2.10. The van der Waals surface area contributed by atoms with Gasteiger partial charge in [0, 0.05) is 17.5 Å². The van der Waals surface area contributed by atoms with Crippen LogP contribution < -0.4 is 5.32 Å². The first-order valence-corrected chi connectivity index (χ1v) is 13.0. The van der Waals surface area contributed by atoms with Gasteiger partial charge in [-0.1, -0.05) is 112 Å². The Morgan fingerprint density at radius 2 is 1.48 bits per heavy atom. The van der Waals surface area contributed by atoms with Gasteiger partial charge in [0.05, 0.1) is 26.8 Å². The van der Waals surface area contributed by atoms with Crippen molar-refractivity contribution in [3.8, 4) is 11.3 Å². The molecule has 0 radical (unpaired) electrons. The fourth-order valence-corrected chi connectivity index (χ4v) is 4.37. The molecule has 1 aromatic heterocycles. The Labute approximate surface area is 207 Å². The molecule has 176 valence electrons. The molecule has 2 aromatic carbocycles. The van der Waals surface area contributed by atoms with E-state index in [1.165, 1.54) is 51.4 Å². The number of carbonyl (C=O) groups excluding carboxylic acids is 1. The third-order valence-electron chi connectivity index (χ3n) is 5.99. The normalized spacial score (nSPS) is 11.1. The van der Waals surface area contributed by atoms with Crippen LogP contribution in [-0.2, 0) is 0 Å². The van der Waals surface area contributed by atoms with E-state index in [0.29, 0.717) is 27.8 Å². The maximum atomic E-state index is 13.0. The molecule has 1 N–H and O–H groups in total. The summed E-state index contributed by atoms with van der Waals surface area (Å²) in [4.78, 5) is 17.8. The second-order valence-corrected chi connectivity index (χ2v) is 9.45. The predicted molar refractivity (Wildman–Crippen MR) is 141 cm³/mol. The number of hydrogen-bond donors (Lipinski definition) is 1. The van der Waals surface area contributed by atoms with E-state index >= 15 is 0 Å². The number of rotatable bonds is 13. The lowest BCUT2D eigenvalue weighted by Gasteiger charge is -2.11. The van der Waals surface area contributed by atoms with Gasteiger partial charge in [-0.25, -0.2) is 4.98 Å². The number of para-hydroxylation sites is 1. The fraction of sp³-hybridized carbons (Fsp3) is 0.429. The minimum atomic E-state index is -0.0640. The van der Waals surface area contributed by atoms with Crippen LogP contribution in [0.3, 0.4) is 0 Å². The van der Waals surface area contributed by atoms with Gasteiger partial charge in [0.2, 0.25) is 0 Å². The molecule has 33 heavy (non-hydrogen) atoms. The number of carbonyl (C=O) groups is 1. The van der Waals surface area contributed by atoms with Crippen LogP contribution in [0.5, 0.6) is 0 Å². The van der Waals surface area contributed by atoms with Crippen LogP contribution in [0.4, 0.5) is 0 Å². The number of benzene rings is 2. The molecule has 0 atom stereocenters. The molecule has 0 aliphatic heterocycles. The van der Waals surface area contributed by atoms with Gasteiger partial charge in [0.25, 0.3) is 5.91 Å². The number of unbranched alkanes of at least 4 members (excludes halogenated alkanes) is 9. The predicted octanol–water partition coefficient (Wildman–Crippen LogP) is 8.86. The van der Waals surface area contributed by atoms with E-state index in [-0.39, 0.29) is 5.91 Å². The number of amides is 1. The van der Waals surface area contributed by atoms with Gasteiger partial charge in [-0.2, -0.15) is 0 Å². The SMILES string of the molecule is CCCCCCCCCCCCNC(=O)c1cc(-c2ccc(Cl)c(Cl)c2)nc2ccccc12. The van der Waals surface area contributed by atoms with Crippen LogP contribution in [0.2, 0.25) is 10.0 Å². The molecule has 0 spiro atoms. The first-order chi connectivity index (χ1) is 16.1. The van der Waals surface area contributed by atoms with E-state index in [2.05, 4.69) is 12.2 Å². The van der Waals surface area contributed by atoms with Crippen molar-refractivity contribution in [3.05, 3.63) is 64.1 Å². The number of nitrogens with zero attached hydrogens (tertiary/aromatic N) is 1. The smallest absolute Gasteiger partial charge is 0.252 e. The van der Waals surface area contributed by atoms with Gasteiger partial charge in [0.1, 0.15) is 0 Å². The monoisotopic (exact) mass is 484 g/mol. The Balaban J connectivity index is 1.55. The maximum Gasteiger partial charge on any atom is 0.252 e. The van der Waals surface area contributed by atoms with Crippen LogP contribution in [0.15, 0.2) is 48.5 Å². The van der Waals surface area contributed by atoms with Gasteiger partial charge in [-0.3, -0.25) is 4.79 Å². The summed E-state index contributed by atoms with van der Waals surface area (Å²) in [5, 5.41) is 4.92. The Bertz CT molecular complexity index is 1050. The van der Waals surface area contributed by atoms with Crippen LogP contribution in [-0.4, -0.2) is 17.4 Å². The molecular weight excluding hydrogens is 451 g/mol. The van der Waals surface area contributed by atoms with Gasteiger partial charge in [-0.05, 0) is 30.7 Å². The summed E-state index contributed by atoms with van der Waals surface area (Å²) in [7, 11) is 0. The molecule has 1 amide bonds. The summed E-state index contributed by atoms with van der Waals surface area (Å²) >= 11 is 12.3. The number of aromatic nitrogens is 1. The Morgan fingerprint density at radius 3 is 2.18 bits per heavy atom. The lowest BCUT2D eigenvalue weighted by atomic mass is 10.0. The standard InChI is InChI=1S/C28H34Cl2N2O/c1-2-3-4-5-6-7-8-9-10-13-18-31-28(33)23-20-27(21-16-17-24(29)25(30)19-21)32-26-15-12-11-14-22(23)26/h11-12,14-17,19-20H,2-10,13,18H2,1H3,(H,31,33). The highest BCUT2D eigenvalue weighted by molar-refractivity contribution is 6.42. The molecule has 0 bridgehead atoms. The maximum absolute atomic E-state index is 13.0. The molecule has 3 rings (SSSR count). The number of pyridine rings is 1. The number of nitrogens with one attached hydrogen (secondary N) is 1. The molecule has 0 saturated carbocycles. The van der Waals surface area contributed by atoms with Crippen molar-refractivity contribution in [2.75, 3.05) is 6.54 Å². The fourth-order valence-electron chi connectivity index (χ4n) is 4.08. The van der Waals surface area contributed by atoms with Crippen molar-refractivity contribution >= 4 is 40.0 Å². The molecule has 3 nitrogen and oxygen atoms in total. The molecule has 0 unspecified atom stereocenters. The first-order valence-electron chi connectivity index (χ1n) is 12.2. The van der Waals surface area contributed by atoms with Gasteiger partial charge in [0.15, 0.2) is 0 Å². The first kappa shape index (κ1) is 25.5. The molecule has 0 fully saturated rings. The Kier molecular flexibility index (Phi) is 10.5. The minimum Gasteiger partial charge on any atom is -0.352 e. The molecule has 0 saturated heterocycles. The molecule has 0 aliphatic rings. The zero-order valence-electron chi connectivity index (χ0n) is 19.5. The zero-order valence-corrected chi connectivity index (χ0v) is 21.0. The van der Waals surface area contributed by atoms with E-state index in [0.717, 1.165) is 29.3 Å². The summed E-state index contributed by atoms with van der Waals surface area (Å²) in [5.41, 5.74) is 2.95. The van der Waals surface area contributed by atoms with Gasteiger partial charge in [-0.15, -0.1) is 0 Å². The highest BCUT2D eigenvalue weighted by Gasteiger charge is 2.14. The Morgan fingerprint density at radius 1 is 0.818 bits per heavy atom. The lowest BCUT2D eigenvalue weighted by molar-refractivity contribution is 0.0954. The van der Waals surface area contributed by atoms with E-state index < -0.39 is 0 Å². The van der Waals surface area contributed by atoms with Gasteiger partial charge < -0.3 is 5.32 Å². The van der Waals surface area contributed by atoms with Crippen LogP contribution in [0.25, 0.3) is 22.2 Å². The van der Waals surface area contributed by atoms with E-state index in [1.807, 2.05) is 36.4 Å². The molecule has 1 heterocycles. The second kappa shape index (κ2) is 13.6. The van der Waals surface area contributed by atoms with Crippen LogP contribution >= 0.6 is 23.2 Å². The van der Waals surface area contributed by atoms with Crippen molar-refractivity contribution in [1.29, 1.82) is 0 Å². The van der Waals surface area contributed by atoms with Crippen molar-refractivity contribution in [1.82, 2.24) is 10.3 Å². The summed E-state index contributed by atoms with van der Waals surface area (Å²) in [6.07, 6.45) is 12.8. The third-order valence-corrected chi connectivity index (χ3v) is 6.73. The molecule has 0 aliphatic carbocycles. The quantitative estimate of drug-likeness (QED) is 0.246. The number of fused-ring (bicyclic) bond motifs is 1. The molecule has 3 aromatic rings. The summed E-state index contributed by atoms with van der Waals surface area (Å²) < 4.78 is 0. The van der Waals surface area contributed by atoms with Crippen molar-refractivity contribution in [3.63, 3.8) is 0 Å². The van der Waals surface area contributed by atoms with Crippen molar-refractivity contribution in [2.24, 2.45) is 0 Å². The molecule has 5 heteroatoms. The van der Waals surface area contributed by atoms with E-state index in [1.54, 1.807) is 12.1 Å². The topological polar surface area (TPSA) is 42.0 Å². The third kappa shape index (κ3) is 7.72. The highest BCUT2D eigenvalue weighted by atomic mass is 35.5. The van der Waals surface area contributed by atoms with Crippen LogP contribution in [0, 0.1) is 0 Å². The summed E-state index contributed by atoms with van der Waals surface area (Å²) in [6, 6.07) is 15.0. The lowest BCUT2D eigenvalue weighted by Crippen LogP contribution is -2.24. The van der Waals surface area contributed by atoms with Crippen molar-refractivity contribution in [2.45, 2.75) is 71.1 Å². The summed E-state index contributed by atoms with van der Waals surface area (Å²) in [5.74, 6) is -0.0640. The second-order valence-electron chi connectivity index (χ2n) is 8.64.